The van der Waals surface area contributed by atoms with Crippen LogP contribution in [0.1, 0.15) is 136 Å². The van der Waals surface area contributed by atoms with Crippen molar-refractivity contribution in [3.8, 4) is 0 Å². The largest absolute Gasteiger partial charge is 0.481 e. The predicted octanol–water partition coefficient (Wildman–Crippen LogP) is 11.5. The molecule has 1 N–H and O–H groups in total. The van der Waals surface area contributed by atoms with Crippen molar-refractivity contribution in [1.82, 2.24) is 0 Å². The zero-order chi connectivity index (χ0) is 29.2. The van der Waals surface area contributed by atoms with Crippen molar-refractivity contribution in [2.24, 2.45) is 5.92 Å². The second kappa shape index (κ2) is 33.1. The Kier molecular flexibility index (Phi) is 31.3. The molecule has 0 fully saturated rings. The Balaban J connectivity index is 3.66. The van der Waals surface area contributed by atoms with Crippen LogP contribution in [0.4, 0.5) is 0 Å². The Bertz CT molecular complexity index is 711. The molecule has 0 rings (SSSR count). The lowest BCUT2D eigenvalue weighted by Gasteiger charge is -2.12. The Morgan fingerprint density at radius 2 is 0.950 bits per heavy atom. The van der Waals surface area contributed by atoms with Crippen LogP contribution in [0.5, 0.6) is 0 Å². The minimum atomic E-state index is -0.739. The number of unbranched alkanes of at least 4 members (excludes halogenated alkanes) is 10. The van der Waals surface area contributed by atoms with Crippen LogP contribution in [0.3, 0.4) is 0 Å². The summed E-state index contributed by atoms with van der Waals surface area (Å²) in [5.41, 5.74) is 0. The molecule has 40 heavy (non-hydrogen) atoms. The molecule has 0 aliphatic rings. The molecule has 0 amide bonds. The van der Waals surface area contributed by atoms with Crippen LogP contribution in [0.15, 0.2) is 72.9 Å². The molecule has 0 aromatic rings. The summed E-state index contributed by atoms with van der Waals surface area (Å²) < 4.78 is 5.70. The van der Waals surface area contributed by atoms with Crippen molar-refractivity contribution in [3.63, 3.8) is 0 Å². The molecule has 0 radical (unpaired) electrons. The van der Waals surface area contributed by atoms with E-state index in [1.54, 1.807) is 0 Å². The number of hydrogen-bond acceptors (Lipinski definition) is 2. The van der Waals surface area contributed by atoms with Gasteiger partial charge in [0.1, 0.15) is 0 Å². The number of ether oxygens (including phenoxy) is 1. The molecule has 0 heterocycles. The number of carbonyl (C=O) groups is 1. The lowest BCUT2D eigenvalue weighted by molar-refractivity contribution is -0.144. The Labute approximate surface area is 248 Å². The third-order valence-corrected chi connectivity index (χ3v) is 6.79. The summed E-state index contributed by atoms with van der Waals surface area (Å²) in [5.74, 6) is -1.14. The second-order valence-corrected chi connectivity index (χ2v) is 10.7. The summed E-state index contributed by atoms with van der Waals surface area (Å²) in [6, 6.07) is 0. The monoisotopic (exact) mass is 554 g/mol. The predicted molar refractivity (Wildman–Crippen MR) is 176 cm³/mol. The smallest absolute Gasteiger partial charge is 0.308 e. The lowest BCUT2D eigenvalue weighted by atomic mass is 10.0. The number of allylic oxidation sites excluding steroid dienone is 12. The van der Waals surface area contributed by atoms with Crippen LogP contribution < -0.4 is 0 Å². The molecule has 0 saturated heterocycles. The topological polar surface area (TPSA) is 46.5 Å². The maximum absolute atomic E-state index is 11.5. The van der Waals surface area contributed by atoms with Crippen molar-refractivity contribution < 1.29 is 14.6 Å². The van der Waals surface area contributed by atoms with E-state index in [0.29, 0.717) is 19.6 Å². The molecule has 3 nitrogen and oxygen atoms in total. The van der Waals surface area contributed by atoms with Gasteiger partial charge in [0.2, 0.25) is 0 Å². The van der Waals surface area contributed by atoms with Gasteiger partial charge in [-0.1, -0.05) is 119 Å². The summed E-state index contributed by atoms with van der Waals surface area (Å²) in [6.07, 6.45) is 47.9. The fraction of sp³-hybridized carbons (Fsp3) is 0.649. The SMILES string of the molecule is CCCCC/C=C\C/C=C\C/C=C\CCCCCOCC(CCC/C=C\C/C=C\C/C=C\CCCCC)C(=O)O. The fourth-order valence-corrected chi connectivity index (χ4v) is 4.21. The molecule has 0 bridgehead atoms. The highest BCUT2D eigenvalue weighted by atomic mass is 16.5. The van der Waals surface area contributed by atoms with Crippen molar-refractivity contribution >= 4 is 5.97 Å². The van der Waals surface area contributed by atoms with E-state index in [0.717, 1.165) is 64.2 Å². The van der Waals surface area contributed by atoms with Crippen LogP contribution >= 0.6 is 0 Å². The average molecular weight is 555 g/mol. The second-order valence-electron chi connectivity index (χ2n) is 10.7. The first kappa shape index (κ1) is 37.9. The molecule has 3 heteroatoms. The summed E-state index contributed by atoms with van der Waals surface area (Å²) in [7, 11) is 0. The van der Waals surface area contributed by atoms with Gasteiger partial charge >= 0.3 is 5.97 Å². The summed E-state index contributed by atoms with van der Waals surface area (Å²) >= 11 is 0. The van der Waals surface area contributed by atoms with Crippen LogP contribution in [0.25, 0.3) is 0 Å². The lowest BCUT2D eigenvalue weighted by Crippen LogP contribution is -2.20. The van der Waals surface area contributed by atoms with E-state index >= 15 is 0 Å². The van der Waals surface area contributed by atoms with Gasteiger partial charge < -0.3 is 9.84 Å². The number of carboxylic acid groups (broad SMARTS) is 1. The van der Waals surface area contributed by atoms with Crippen LogP contribution in [0, 0.1) is 5.92 Å². The normalized spacial score (nSPS) is 13.4. The molecule has 0 saturated carbocycles. The standard InChI is InChI=1S/C37H62O3/c1-3-5-7-9-11-13-15-17-19-20-22-24-26-28-30-32-34-40-35-36(37(38)39)33-31-29-27-25-23-21-18-16-14-12-10-8-6-4-2/h11-14,17-19,21-22,24-25,27,36H,3-10,15-16,20,23,26,28-35H2,1-2H3,(H,38,39)/b13-11-,14-12-,19-17-,21-18-,24-22-,27-25-. The number of rotatable bonds is 29. The minimum Gasteiger partial charge on any atom is -0.481 e. The van der Waals surface area contributed by atoms with E-state index in [1.165, 1.54) is 51.4 Å². The number of hydrogen-bond donors (Lipinski definition) is 1. The third kappa shape index (κ3) is 30.4. The molecule has 1 unspecified atom stereocenters. The summed E-state index contributed by atoms with van der Waals surface area (Å²) in [5, 5.41) is 9.49. The van der Waals surface area contributed by atoms with Crippen LogP contribution in [-0.4, -0.2) is 24.3 Å². The van der Waals surface area contributed by atoms with E-state index in [1.807, 2.05) is 0 Å². The van der Waals surface area contributed by atoms with Gasteiger partial charge in [-0.05, 0) is 89.9 Å². The molecular weight excluding hydrogens is 492 g/mol. The highest BCUT2D eigenvalue weighted by Crippen LogP contribution is 2.11. The van der Waals surface area contributed by atoms with E-state index in [4.69, 9.17) is 4.74 Å². The van der Waals surface area contributed by atoms with Crippen molar-refractivity contribution in [1.29, 1.82) is 0 Å². The fourth-order valence-electron chi connectivity index (χ4n) is 4.21. The zero-order valence-electron chi connectivity index (χ0n) is 26.1. The van der Waals surface area contributed by atoms with E-state index in [-0.39, 0.29) is 0 Å². The van der Waals surface area contributed by atoms with Crippen molar-refractivity contribution in [3.05, 3.63) is 72.9 Å². The van der Waals surface area contributed by atoms with E-state index in [9.17, 15) is 9.90 Å². The Morgan fingerprint density at radius 3 is 1.38 bits per heavy atom. The minimum absolute atomic E-state index is 0.327. The van der Waals surface area contributed by atoms with E-state index < -0.39 is 11.9 Å². The molecule has 0 aromatic heterocycles. The Morgan fingerprint density at radius 1 is 0.550 bits per heavy atom. The molecule has 228 valence electrons. The van der Waals surface area contributed by atoms with Crippen molar-refractivity contribution in [2.45, 2.75) is 136 Å². The number of aliphatic carboxylic acids is 1. The highest BCUT2D eigenvalue weighted by Gasteiger charge is 2.16. The van der Waals surface area contributed by atoms with Gasteiger partial charge in [-0.15, -0.1) is 0 Å². The first-order valence-corrected chi connectivity index (χ1v) is 16.4. The third-order valence-electron chi connectivity index (χ3n) is 6.79. The van der Waals surface area contributed by atoms with Gasteiger partial charge in [-0.2, -0.15) is 0 Å². The summed E-state index contributed by atoms with van der Waals surface area (Å²) in [6.45, 7) is 5.46. The van der Waals surface area contributed by atoms with Gasteiger partial charge in [0.05, 0.1) is 12.5 Å². The highest BCUT2D eigenvalue weighted by molar-refractivity contribution is 5.70. The van der Waals surface area contributed by atoms with Crippen LogP contribution in [-0.2, 0) is 9.53 Å². The average Bonchev–Trinajstić information content (AvgIpc) is 2.95. The molecule has 1 atom stereocenters. The summed E-state index contributed by atoms with van der Waals surface area (Å²) in [4.78, 5) is 11.5. The quantitative estimate of drug-likeness (QED) is 0.0738. The van der Waals surface area contributed by atoms with E-state index in [2.05, 4.69) is 86.8 Å². The number of carboxylic acids is 1. The van der Waals surface area contributed by atoms with Gasteiger partial charge in [0.25, 0.3) is 0 Å². The molecule has 0 aromatic carbocycles. The maximum Gasteiger partial charge on any atom is 0.308 e. The zero-order valence-corrected chi connectivity index (χ0v) is 26.1. The van der Waals surface area contributed by atoms with Gasteiger partial charge in [-0.3, -0.25) is 4.79 Å². The van der Waals surface area contributed by atoms with Gasteiger partial charge in [0.15, 0.2) is 0 Å². The molecule has 0 aliphatic carbocycles. The Hall–Kier alpha value is -2.13. The first-order valence-electron chi connectivity index (χ1n) is 16.4. The first-order chi connectivity index (χ1) is 19.7. The van der Waals surface area contributed by atoms with Gasteiger partial charge in [0, 0.05) is 6.61 Å². The van der Waals surface area contributed by atoms with Crippen molar-refractivity contribution in [2.75, 3.05) is 13.2 Å². The van der Waals surface area contributed by atoms with Crippen LogP contribution in [0.2, 0.25) is 0 Å². The molecule has 0 aliphatic heterocycles. The maximum atomic E-state index is 11.5. The van der Waals surface area contributed by atoms with Gasteiger partial charge in [-0.25, -0.2) is 0 Å². The molecular formula is C37H62O3. The molecule has 0 spiro atoms.